The van der Waals surface area contributed by atoms with E-state index in [4.69, 9.17) is 9.84 Å². The van der Waals surface area contributed by atoms with E-state index in [0.29, 0.717) is 36.6 Å². The molecule has 0 heterocycles. The molecule has 2 rings (SSSR count). The van der Waals surface area contributed by atoms with Crippen LogP contribution in [0.25, 0.3) is 0 Å². The fourth-order valence-electron chi connectivity index (χ4n) is 2.87. The van der Waals surface area contributed by atoms with Crippen LogP contribution in [-0.2, 0) is 21.2 Å². The number of sulfonamides is 1. The number of carboxylic acids is 1. The number of nitrogens with zero attached hydrogens (tertiary/aromatic N) is 1. The van der Waals surface area contributed by atoms with E-state index in [-0.39, 0.29) is 0 Å². The summed E-state index contributed by atoms with van der Waals surface area (Å²) in [6, 6.07) is 15.7. The van der Waals surface area contributed by atoms with Crippen molar-refractivity contribution in [3.63, 3.8) is 0 Å². The Morgan fingerprint density at radius 2 is 1.66 bits per heavy atom. The first-order chi connectivity index (χ1) is 13.7. The molecule has 0 bridgehead atoms. The predicted octanol–water partition coefficient (Wildman–Crippen LogP) is 3.96. The molecule has 158 valence electrons. The first kappa shape index (κ1) is 22.9. The van der Waals surface area contributed by atoms with Crippen LogP contribution in [0.5, 0.6) is 5.75 Å². The maximum Gasteiger partial charge on any atom is 0.347 e. The number of benzene rings is 2. The van der Waals surface area contributed by atoms with Crippen molar-refractivity contribution in [3.8, 4) is 5.75 Å². The minimum atomic E-state index is -3.50. The van der Waals surface area contributed by atoms with Crippen LogP contribution in [0.2, 0.25) is 0 Å². The second kappa shape index (κ2) is 9.89. The molecule has 0 fully saturated rings. The van der Waals surface area contributed by atoms with Gasteiger partial charge in [-0.25, -0.2) is 13.2 Å². The van der Waals surface area contributed by atoms with Gasteiger partial charge < -0.3 is 9.84 Å². The molecule has 0 spiro atoms. The summed E-state index contributed by atoms with van der Waals surface area (Å²) in [6.07, 6.45) is 2.15. The Hall–Kier alpha value is -2.38. The number of hydrogen-bond donors (Lipinski definition) is 1. The smallest absolute Gasteiger partial charge is 0.347 e. The number of carboxylic acid groups (broad SMARTS) is 1. The molecule has 7 heteroatoms. The Labute approximate surface area is 173 Å². The van der Waals surface area contributed by atoms with Gasteiger partial charge in [-0.2, -0.15) is 4.31 Å². The zero-order valence-corrected chi connectivity index (χ0v) is 18.0. The molecule has 0 aliphatic heterocycles. The maximum absolute atomic E-state index is 12.9. The predicted molar refractivity (Wildman–Crippen MR) is 113 cm³/mol. The minimum absolute atomic E-state index is 0.316. The molecule has 0 aliphatic rings. The van der Waals surface area contributed by atoms with Gasteiger partial charge in [0.2, 0.25) is 10.0 Å². The molecule has 2 aromatic carbocycles. The lowest BCUT2D eigenvalue weighted by atomic mass is 10.1. The van der Waals surface area contributed by atoms with Gasteiger partial charge in [-0.15, -0.1) is 0 Å². The van der Waals surface area contributed by atoms with Crippen LogP contribution in [0.3, 0.4) is 0 Å². The van der Waals surface area contributed by atoms with Crippen molar-refractivity contribution in [3.05, 3.63) is 60.2 Å². The van der Waals surface area contributed by atoms with E-state index in [1.165, 1.54) is 18.2 Å². The number of carbonyl (C=O) groups is 1. The van der Waals surface area contributed by atoms with Crippen molar-refractivity contribution < 1.29 is 23.1 Å². The third kappa shape index (κ3) is 6.30. The highest BCUT2D eigenvalue weighted by Gasteiger charge is 2.29. The van der Waals surface area contributed by atoms with Gasteiger partial charge >= 0.3 is 5.97 Å². The lowest BCUT2D eigenvalue weighted by molar-refractivity contribution is -0.152. The summed E-state index contributed by atoms with van der Waals surface area (Å²) in [5.74, 6) is -0.544. The third-order valence-electron chi connectivity index (χ3n) is 4.54. The molecule has 0 unspecified atom stereocenters. The van der Waals surface area contributed by atoms with E-state index in [2.05, 4.69) is 0 Å². The Morgan fingerprint density at radius 1 is 1.03 bits per heavy atom. The first-order valence-corrected chi connectivity index (χ1v) is 11.2. The maximum atomic E-state index is 12.9. The fraction of sp³-hybridized carbons (Fsp3) is 0.409. The van der Waals surface area contributed by atoms with E-state index in [1.54, 1.807) is 42.5 Å². The Kier molecular flexibility index (Phi) is 7.81. The van der Waals surface area contributed by atoms with Crippen LogP contribution >= 0.6 is 0 Å². The zero-order valence-electron chi connectivity index (χ0n) is 17.2. The average Bonchev–Trinajstić information content (AvgIpc) is 2.69. The molecule has 1 N–H and O–H groups in total. The van der Waals surface area contributed by atoms with Gasteiger partial charge in [-0.1, -0.05) is 37.3 Å². The monoisotopic (exact) mass is 419 g/mol. The summed E-state index contributed by atoms with van der Waals surface area (Å²) in [5, 5.41) is 9.14. The number of rotatable bonds is 11. The fourth-order valence-corrected chi connectivity index (χ4v) is 4.46. The summed E-state index contributed by atoms with van der Waals surface area (Å²) >= 11 is 0. The van der Waals surface area contributed by atoms with E-state index in [9.17, 15) is 13.2 Å². The van der Waals surface area contributed by atoms with Crippen molar-refractivity contribution in [1.82, 2.24) is 4.31 Å². The molecule has 6 nitrogen and oxygen atoms in total. The molecule has 0 aliphatic carbocycles. The summed E-state index contributed by atoms with van der Waals surface area (Å²) < 4.78 is 32.8. The van der Waals surface area contributed by atoms with Crippen LogP contribution in [0, 0.1) is 0 Å². The average molecular weight is 420 g/mol. The molecular formula is C22H29NO5S. The molecule has 0 radical (unpaired) electrons. The van der Waals surface area contributed by atoms with Gasteiger partial charge in [0, 0.05) is 13.1 Å². The normalized spacial score (nSPS) is 12.1. The van der Waals surface area contributed by atoms with E-state index in [1.807, 2.05) is 19.1 Å². The van der Waals surface area contributed by atoms with Crippen LogP contribution in [-0.4, -0.2) is 42.5 Å². The number of hydrogen-bond acceptors (Lipinski definition) is 4. The van der Waals surface area contributed by atoms with Crippen LogP contribution in [0.1, 0.15) is 39.2 Å². The Balaban J connectivity index is 1.97. The van der Waals surface area contributed by atoms with Crippen molar-refractivity contribution in [2.45, 2.75) is 50.5 Å². The molecule has 0 amide bonds. The van der Waals surface area contributed by atoms with E-state index >= 15 is 0 Å². The molecule has 0 aromatic heterocycles. The summed E-state index contributed by atoms with van der Waals surface area (Å²) in [4.78, 5) is 11.5. The largest absolute Gasteiger partial charge is 0.478 e. The Bertz CT molecular complexity index is 893. The van der Waals surface area contributed by atoms with Gasteiger partial charge in [-0.3, -0.25) is 0 Å². The topological polar surface area (TPSA) is 83.9 Å². The molecule has 0 saturated carbocycles. The van der Waals surface area contributed by atoms with Gasteiger partial charge in [0.1, 0.15) is 5.75 Å². The molecule has 29 heavy (non-hydrogen) atoms. The summed E-state index contributed by atoms with van der Waals surface area (Å²) in [6.45, 7) is 5.88. The second-order valence-electron chi connectivity index (χ2n) is 7.38. The Morgan fingerprint density at radius 3 is 2.21 bits per heavy atom. The van der Waals surface area contributed by atoms with Gasteiger partial charge in [-0.05, 0) is 62.9 Å². The molecule has 2 aromatic rings. The zero-order chi connectivity index (χ0) is 21.5. The van der Waals surface area contributed by atoms with E-state index < -0.39 is 21.6 Å². The minimum Gasteiger partial charge on any atom is -0.478 e. The number of aryl methyl sites for hydroxylation is 1. The van der Waals surface area contributed by atoms with Gasteiger partial charge in [0.05, 0.1) is 4.90 Å². The SMILES string of the molecule is CCCN(CCCc1ccc(OC(C)(C)C(=O)O)cc1)S(=O)(=O)c1ccccc1. The summed E-state index contributed by atoms with van der Waals surface area (Å²) in [5.41, 5.74) is -0.257. The standard InChI is InChI=1S/C22H29NO5S/c1-4-16-23(29(26,27)20-10-6-5-7-11-20)17-8-9-18-12-14-19(15-13-18)28-22(2,3)21(24)25/h5-7,10-15H,4,8-9,16-17H2,1-3H3,(H,24,25). The van der Waals surface area contributed by atoms with E-state index in [0.717, 1.165) is 12.0 Å². The highest BCUT2D eigenvalue weighted by molar-refractivity contribution is 7.89. The summed E-state index contributed by atoms with van der Waals surface area (Å²) in [7, 11) is -3.50. The van der Waals surface area contributed by atoms with Crippen molar-refractivity contribution in [1.29, 1.82) is 0 Å². The second-order valence-corrected chi connectivity index (χ2v) is 9.32. The van der Waals surface area contributed by atoms with Gasteiger partial charge in [0.15, 0.2) is 5.60 Å². The molecule has 0 saturated heterocycles. The lowest BCUT2D eigenvalue weighted by Crippen LogP contribution is -2.37. The lowest BCUT2D eigenvalue weighted by Gasteiger charge is -2.22. The first-order valence-electron chi connectivity index (χ1n) is 9.73. The molecule has 0 atom stereocenters. The number of ether oxygens (including phenoxy) is 1. The quantitative estimate of drug-likeness (QED) is 0.596. The molecular weight excluding hydrogens is 390 g/mol. The highest BCUT2D eigenvalue weighted by Crippen LogP contribution is 2.21. The van der Waals surface area contributed by atoms with Gasteiger partial charge in [0.25, 0.3) is 0 Å². The van der Waals surface area contributed by atoms with Crippen LogP contribution < -0.4 is 4.74 Å². The van der Waals surface area contributed by atoms with Crippen LogP contribution in [0.15, 0.2) is 59.5 Å². The van der Waals surface area contributed by atoms with Crippen molar-refractivity contribution in [2.24, 2.45) is 0 Å². The van der Waals surface area contributed by atoms with Crippen molar-refractivity contribution >= 4 is 16.0 Å². The highest BCUT2D eigenvalue weighted by atomic mass is 32.2. The third-order valence-corrected chi connectivity index (χ3v) is 6.45. The van der Waals surface area contributed by atoms with Crippen LogP contribution in [0.4, 0.5) is 0 Å². The number of aliphatic carboxylic acids is 1. The van der Waals surface area contributed by atoms with Crippen molar-refractivity contribution in [2.75, 3.05) is 13.1 Å².